The standard InChI is InChI=1S/C33H45N7O3/c1-38-19-8-13-28(38)14-15-30(33(43)40(24-31(34)41)22-21-39-20-18-36-25-39)37-32(42)23-35-17-16-29(26-9-4-2-5-10-26)27-11-6-3-7-12-27/h2-7,9-12,18,20,25,28-30,35H,8,13-17,19,21-24H2,1H3,(H2,34,41)(H,37,42)/t28-,30+/m1/s1. The number of imidazole rings is 1. The average Bonchev–Trinajstić information content (AvgIpc) is 3.69. The molecule has 0 aliphatic carbocycles. The number of nitrogens with zero attached hydrogens (tertiary/aromatic N) is 4. The zero-order valence-electron chi connectivity index (χ0n) is 25.1. The smallest absolute Gasteiger partial charge is 0.245 e. The van der Waals surface area contributed by atoms with Crippen LogP contribution in [0.2, 0.25) is 0 Å². The molecule has 2 aromatic carbocycles. The Hall–Kier alpha value is -4.02. The van der Waals surface area contributed by atoms with Crippen LogP contribution in [0.4, 0.5) is 0 Å². The van der Waals surface area contributed by atoms with Crippen molar-refractivity contribution in [2.24, 2.45) is 5.73 Å². The van der Waals surface area contributed by atoms with Gasteiger partial charge >= 0.3 is 0 Å². The van der Waals surface area contributed by atoms with Crippen molar-refractivity contribution in [1.29, 1.82) is 0 Å². The van der Waals surface area contributed by atoms with Gasteiger partial charge in [0, 0.05) is 37.4 Å². The summed E-state index contributed by atoms with van der Waals surface area (Å²) in [5.74, 6) is -0.926. The van der Waals surface area contributed by atoms with Gasteiger partial charge in [0.25, 0.3) is 0 Å². The molecule has 0 bridgehead atoms. The number of hydrogen-bond donors (Lipinski definition) is 3. The number of amides is 3. The molecule has 43 heavy (non-hydrogen) atoms. The van der Waals surface area contributed by atoms with Crippen LogP contribution in [0, 0.1) is 0 Å². The van der Waals surface area contributed by atoms with E-state index in [-0.39, 0.29) is 37.4 Å². The van der Waals surface area contributed by atoms with E-state index >= 15 is 0 Å². The van der Waals surface area contributed by atoms with Crippen molar-refractivity contribution in [3.63, 3.8) is 0 Å². The second-order valence-electron chi connectivity index (χ2n) is 11.3. The van der Waals surface area contributed by atoms with Gasteiger partial charge in [-0.2, -0.15) is 0 Å². The van der Waals surface area contributed by atoms with Crippen LogP contribution < -0.4 is 16.4 Å². The van der Waals surface area contributed by atoms with Crippen LogP contribution in [-0.4, -0.2) is 88.9 Å². The summed E-state index contributed by atoms with van der Waals surface area (Å²) in [5, 5.41) is 6.25. The summed E-state index contributed by atoms with van der Waals surface area (Å²) in [6.07, 6.45) is 9.41. The quantitative estimate of drug-likeness (QED) is 0.208. The second-order valence-corrected chi connectivity index (χ2v) is 11.3. The molecule has 2 heterocycles. The van der Waals surface area contributed by atoms with Gasteiger partial charge in [-0.25, -0.2) is 4.98 Å². The first-order valence-corrected chi connectivity index (χ1v) is 15.2. The fraction of sp³-hybridized carbons (Fsp3) is 0.455. The van der Waals surface area contributed by atoms with Crippen molar-refractivity contribution < 1.29 is 14.4 Å². The van der Waals surface area contributed by atoms with Gasteiger partial charge in [0.05, 0.1) is 19.4 Å². The Bertz CT molecular complexity index is 1230. The molecule has 10 heteroatoms. The summed E-state index contributed by atoms with van der Waals surface area (Å²) < 4.78 is 1.84. The van der Waals surface area contributed by atoms with Crippen LogP contribution in [0.25, 0.3) is 0 Å². The predicted molar refractivity (Wildman–Crippen MR) is 167 cm³/mol. The highest BCUT2D eigenvalue weighted by Crippen LogP contribution is 2.27. The van der Waals surface area contributed by atoms with Gasteiger partial charge in [-0.15, -0.1) is 0 Å². The molecule has 1 aliphatic rings. The Morgan fingerprint density at radius 3 is 2.33 bits per heavy atom. The predicted octanol–water partition coefficient (Wildman–Crippen LogP) is 2.37. The number of hydrogen-bond acceptors (Lipinski definition) is 6. The largest absolute Gasteiger partial charge is 0.368 e. The fourth-order valence-electron chi connectivity index (χ4n) is 5.88. The molecular weight excluding hydrogens is 542 g/mol. The van der Waals surface area contributed by atoms with E-state index in [1.54, 1.807) is 18.7 Å². The number of nitrogens with two attached hydrogens (primary N) is 1. The van der Waals surface area contributed by atoms with Crippen molar-refractivity contribution >= 4 is 17.7 Å². The Labute approximate surface area is 254 Å². The van der Waals surface area contributed by atoms with Crippen molar-refractivity contribution in [2.45, 2.75) is 56.7 Å². The first kappa shape index (κ1) is 31.9. The van der Waals surface area contributed by atoms with E-state index in [0.717, 1.165) is 32.2 Å². The number of nitrogens with one attached hydrogen (secondary N) is 2. The zero-order chi connectivity index (χ0) is 30.4. The van der Waals surface area contributed by atoms with E-state index in [4.69, 9.17) is 5.73 Å². The number of carbonyl (C=O) groups excluding carboxylic acids is 3. The summed E-state index contributed by atoms with van der Waals surface area (Å²) in [7, 11) is 2.10. The highest BCUT2D eigenvalue weighted by Gasteiger charge is 2.29. The molecule has 0 unspecified atom stereocenters. The molecule has 4 N–H and O–H groups in total. The molecule has 1 aromatic heterocycles. The van der Waals surface area contributed by atoms with E-state index in [9.17, 15) is 14.4 Å². The summed E-state index contributed by atoms with van der Waals surface area (Å²) in [6.45, 7) is 2.30. The first-order valence-electron chi connectivity index (χ1n) is 15.2. The molecule has 1 saturated heterocycles. The molecule has 1 fully saturated rings. The molecule has 3 amide bonds. The van der Waals surface area contributed by atoms with Crippen LogP contribution in [0.5, 0.6) is 0 Å². The minimum Gasteiger partial charge on any atom is -0.368 e. The number of primary amides is 1. The van der Waals surface area contributed by atoms with Crippen molar-refractivity contribution in [3.8, 4) is 0 Å². The topological polar surface area (TPSA) is 126 Å². The lowest BCUT2D eigenvalue weighted by molar-refractivity contribution is -0.139. The maximum absolute atomic E-state index is 13.7. The van der Waals surface area contributed by atoms with Crippen LogP contribution in [0.1, 0.15) is 49.1 Å². The maximum atomic E-state index is 13.7. The maximum Gasteiger partial charge on any atom is 0.245 e. The third kappa shape index (κ3) is 10.0. The van der Waals surface area contributed by atoms with Gasteiger partial charge in [0.2, 0.25) is 17.7 Å². The highest BCUT2D eigenvalue weighted by molar-refractivity contribution is 5.90. The monoisotopic (exact) mass is 587 g/mol. The molecule has 0 radical (unpaired) electrons. The van der Waals surface area contributed by atoms with Gasteiger partial charge in [-0.1, -0.05) is 60.7 Å². The van der Waals surface area contributed by atoms with Gasteiger partial charge < -0.3 is 30.7 Å². The summed E-state index contributed by atoms with van der Waals surface area (Å²) >= 11 is 0. The molecule has 0 saturated carbocycles. The molecule has 10 nitrogen and oxygen atoms in total. The number of aromatic nitrogens is 2. The summed E-state index contributed by atoms with van der Waals surface area (Å²) in [5.41, 5.74) is 7.97. The molecule has 2 atom stereocenters. The van der Waals surface area contributed by atoms with E-state index in [2.05, 4.69) is 51.8 Å². The lowest BCUT2D eigenvalue weighted by atomic mass is 9.88. The lowest BCUT2D eigenvalue weighted by Gasteiger charge is -2.29. The Balaban J connectivity index is 1.36. The Morgan fingerprint density at radius 2 is 1.74 bits per heavy atom. The van der Waals surface area contributed by atoms with Gasteiger partial charge in [-0.05, 0) is 63.4 Å². The molecule has 3 aromatic rings. The van der Waals surface area contributed by atoms with Crippen LogP contribution >= 0.6 is 0 Å². The van der Waals surface area contributed by atoms with E-state index in [0.29, 0.717) is 25.6 Å². The summed E-state index contributed by atoms with van der Waals surface area (Å²) in [4.78, 5) is 46.5. The second kappa shape index (κ2) is 16.6. The number of likely N-dealkylation sites (tertiary alicyclic amines) is 1. The number of benzene rings is 2. The molecule has 4 rings (SSSR count). The van der Waals surface area contributed by atoms with Crippen molar-refractivity contribution in [3.05, 3.63) is 90.5 Å². The van der Waals surface area contributed by atoms with E-state index in [1.165, 1.54) is 16.0 Å². The highest BCUT2D eigenvalue weighted by atomic mass is 16.2. The number of rotatable bonds is 17. The van der Waals surface area contributed by atoms with Gasteiger partial charge in [0.15, 0.2) is 0 Å². The van der Waals surface area contributed by atoms with E-state index < -0.39 is 11.9 Å². The normalized spacial score (nSPS) is 15.8. The first-order chi connectivity index (χ1) is 20.9. The molecule has 0 spiro atoms. The fourth-order valence-corrected chi connectivity index (χ4v) is 5.88. The minimum absolute atomic E-state index is 0.0915. The third-order valence-corrected chi connectivity index (χ3v) is 8.24. The van der Waals surface area contributed by atoms with Crippen molar-refractivity contribution in [2.75, 3.05) is 39.8 Å². The summed E-state index contributed by atoms with van der Waals surface area (Å²) in [6, 6.07) is 20.4. The number of carbonyl (C=O) groups is 3. The molecule has 1 aliphatic heterocycles. The minimum atomic E-state index is -0.744. The van der Waals surface area contributed by atoms with Gasteiger partial charge in [0.1, 0.15) is 6.04 Å². The van der Waals surface area contributed by atoms with Crippen molar-refractivity contribution in [1.82, 2.24) is 30.0 Å². The molecular formula is C33H45N7O3. The Kier molecular flexibility index (Phi) is 12.3. The van der Waals surface area contributed by atoms with E-state index in [1.807, 2.05) is 41.0 Å². The van der Waals surface area contributed by atoms with Gasteiger partial charge in [-0.3, -0.25) is 14.4 Å². The van der Waals surface area contributed by atoms with Crippen LogP contribution in [-0.2, 0) is 20.9 Å². The third-order valence-electron chi connectivity index (χ3n) is 8.24. The van der Waals surface area contributed by atoms with Crippen LogP contribution in [0.15, 0.2) is 79.4 Å². The molecule has 230 valence electrons. The lowest BCUT2D eigenvalue weighted by Crippen LogP contribution is -2.53. The zero-order valence-corrected chi connectivity index (χ0v) is 25.1. The average molecular weight is 588 g/mol. The Morgan fingerprint density at radius 1 is 1.05 bits per heavy atom. The SMILES string of the molecule is CN1CCC[C@@H]1CC[C@H](NC(=O)CNCCC(c1ccccc1)c1ccccc1)C(=O)N(CCn1ccnc1)CC(N)=O. The van der Waals surface area contributed by atoms with Crippen LogP contribution in [0.3, 0.4) is 0 Å².